The Morgan fingerprint density at radius 3 is 2.29 bits per heavy atom. The van der Waals surface area contributed by atoms with Crippen LogP contribution in [0.15, 0.2) is 29.2 Å². The van der Waals surface area contributed by atoms with Crippen LogP contribution in [-0.2, 0) is 4.79 Å². The van der Waals surface area contributed by atoms with E-state index in [1.54, 1.807) is 25.6 Å². The van der Waals surface area contributed by atoms with Crippen molar-refractivity contribution in [2.24, 2.45) is 11.1 Å². The Kier molecular flexibility index (Phi) is 4.54. The molecule has 1 aromatic carbocycles. The van der Waals surface area contributed by atoms with Gasteiger partial charge in [0.05, 0.1) is 10.4 Å². The lowest BCUT2D eigenvalue weighted by Crippen LogP contribution is -2.41. The number of rotatable bonds is 4. The summed E-state index contributed by atoms with van der Waals surface area (Å²) in [5.74, 6) is -0.193. The van der Waals surface area contributed by atoms with Gasteiger partial charge < -0.3 is 11.1 Å². The molecule has 0 spiro atoms. The van der Waals surface area contributed by atoms with Crippen molar-refractivity contribution in [2.75, 3.05) is 11.6 Å². The SMILES string of the molecule is CSc1ccc(NC(=O)C(C)(C)C(N)=S)cc1. The molecule has 1 amide bonds. The zero-order chi connectivity index (χ0) is 13.1. The van der Waals surface area contributed by atoms with Gasteiger partial charge in [0.2, 0.25) is 5.91 Å². The van der Waals surface area contributed by atoms with Gasteiger partial charge in [0.25, 0.3) is 0 Å². The number of thiocarbonyl (C=S) groups is 1. The van der Waals surface area contributed by atoms with E-state index in [4.69, 9.17) is 18.0 Å². The second kappa shape index (κ2) is 5.51. The lowest BCUT2D eigenvalue weighted by molar-refractivity contribution is -0.121. The third-order valence-electron chi connectivity index (χ3n) is 2.53. The number of benzene rings is 1. The minimum Gasteiger partial charge on any atom is -0.392 e. The summed E-state index contributed by atoms with van der Waals surface area (Å²) < 4.78 is 0. The topological polar surface area (TPSA) is 55.1 Å². The van der Waals surface area contributed by atoms with E-state index in [2.05, 4.69) is 5.32 Å². The summed E-state index contributed by atoms with van der Waals surface area (Å²) in [7, 11) is 0. The van der Waals surface area contributed by atoms with Crippen LogP contribution >= 0.6 is 24.0 Å². The third-order valence-corrected chi connectivity index (χ3v) is 3.79. The van der Waals surface area contributed by atoms with Crippen molar-refractivity contribution in [3.8, 4) is 0 Å². The van der Waals surface area contributed by atoms with Crippen molar-refractivity contribution < 1.29 is 4.79 Å². The molecule has 3 N–H and O–H groups in total. The minimum atomic E-state index is -0.840. The van der Waals surface area contributed by atoms with Gasteiger partial charge in [0, 0.05) is 10.6 Å². The van der Waals surface area contributed by atoms with Crippen LogP contribution in [0.3, 0.4) is 0 Å². The van der Waals surface area contributed by atoms with E-state index in [1.165, 1.54) is 0 Å². The van der Waals surface area contributed by atoms with Crippen molar-refractivity contribution in [3.05, 3.63) is 24.3 Å². The monoisotopic (exact) mass is 268 g/mol. The predicted octanol–water partition coefficient (Wildman–Crippen LogP) is 2.66. The quantitative estimate of drug-likeness (QED) is 0.651. The lowest BCUT2D eigenvalue weighted by Gasteiger charge is -2.21. The van der Waals surface area contributed by atoms with Crippen LogP contribution in [0.5, 0.6) is 0 Å². The number of amides is 1. The van der Waals surface area contributed by atoms with Crippen molar-refractivity contribution in [3.63, 3.8) is 0 Å². The molecule has 0 saturated carbocycles. The summed E-state index contributed by atoms with van der Waals surface area (Å²) in [4.78, 5) is 13.3. The summed E-state index contributed by atoms with van der Waals surface area (Å²) in [5.41, 5.74) is 5.45. The largest absolute Gasteiger partial charge is 0.392 e. The van der Waals surface area contributed by atoms with Crippen LogP contribution in [0.2, 0.25) is 0 Å². The minimum absolute atomic E-state index is 0.190. The maximum Gasteiger partial charge on any atom is 0.236 e. The van der Waals surface area contributed by atoms with Gasteiger partial charge in [0.1, 0.15) is 0 Å². The van der Waals surface area contributed by atoms with Crippen LogP contribution in [0.4, 0.5) is 5.69 Å². The van der Waals surface area contributed by atoms with Gasteiger partial charge in [0.15, 0.2) is 0 Å². The maximum absolute atomic E-state index is 11.9. The van der Waals surface area contributed by atoms with Crippen molar-refractivity contribution in [1.82, 2.24) is 0 Å². The molecule has 0 aliphatic rings. The summed E-state index contributed by atoms with van der Waals surface area (Å²) in [6, 6.07) is 7.63. The maximum atomic E-state index is 11.9. The molecular weight excluding hydrogens is 252 g/mol. The number of anilines is 1. The smallest absolute Gasteiger partial charge is 0.236 e. The van der Waals surface area contributed by atoms with Gasteiger partial charge in [-0.2, -0.15) is 0 Å². The highest BCUT2D eigenvalue weighted by Gasteiger charge is 2.30. The Morgan fingerprint density at radius 1 is 1.35 bits per heavy atom. The zero-order valence-electron chi connectivity index (χ0n) is 10.1. The van der Waals surface area contributed by atoms with E-state index in [0.717, 1.165) is 10.6 Å². The van der Waals surface area contributed by atoms with E-state index in [0.29, 0.717) is 0 Å². The third kappa shape index (κ3) is 3.44. The summed E-state index contributed by atoms with van der Waals surface area (Å²) >= 11 is 6.53. The second-order valence-corrected chi connectivity index (χ2v) is 5.49. The molecule has 0 atom stereocenters. The number of nitrogens with one attached hydrogen (secondary N) is 1. The molecule has 17 heavy (non-hydrogen) atoms. The predicted molar refractivity (Wildman–Crippen MR) is 77.4 cm³/mol. The van der Waals surface area contributed by atoms with E-state index < -0.39 is 5.41 Å². The number of hydrogen-bond acceptors (Lipinski definition) is 3. The van der Waals surface area contributed by atoms with Gasteiger partial charge >= 0.3 is 0 Å². The summed E-state index contributed by atoms with van der Waals surface area (Å²) in [6.45, 7) is 3.42. The molecular formula is C12H16N2OS2. The zero-order valence-corrected chi connectivity index (χ0v) is 11.7. The Balaban J connectivity index is 2.77. The number of thioether (sulfide) groups is 1. The molecule has 1 rings (SSSR count). The highest BCUT2D eigenvalue weighted by atomic mass is 32.2. The molecule has 0 fully saturated rings. The molecule has 1 aromatic rings. The molecule has 0 aliphatic carbocycles. The molecule has 0 aromatic heterocycles. The standard InChI is InChI=1S/C12H16N2OS2/c1-12(2,10(13)16)11(15)14-8-4-6-9(17-3)7-5-8/h4-7H,1-3H3,(H2,13,16)(H,14,15). The van der Waals surface area contributed by atoms with Gasteiger partial charge in [-0.25, -0.2) is 0 Å². The fourth-order valence-corrected chi connectivity index (χ4v) is 1.57. The first-order valence-corrected chi connectivity index (χ1v) is 6.76. The van der Waals surface area contributed by atoms with Gasteiger partial charge in [-0.3, -0.25) is 4.79 Å². The van der Waals surface area contributed by atoms with Crippen LogP contribution in [0.25, 0.3) is 0 Å². The Hall–Kier alpha value is -1.07. The lowest BCUT2D eigenvalue weighted by atomic mass is 9.92. The Bertz CT molecular complexity index is 427. The molecule has 0 aliphatic heterocycles. The molecule has 0 saturated heterocycles. The van der Waals surface area contributed by atoms with E-state index in [9.17, 15) is 4.79 Å². The van der Waals surface area contributed by atoms with E-state index in [-0.39, 0.29) is 10.9 Å². The molecule has 3 nitrogen and oxygen atoms in total. The van der Waals surface area contributed by atoms with Gasteiger partial charge in [-0.1, -0.05) is 12.2 Å². The van der Waals surface area contributed by atoms with E-state index >= 15 is 0 Å². The van der Waals surface area contributed by atoms with Gasteiger partial charge in [-0.05, 0) is 44.4 Å². The first-order valence-electron chi connectivity index (χ1n) is 5.13. The number of hydrogen-bond donors (Lipinski definition) is 2. The van der Waals surface area contributed by atoms with Crippen LogP contribution in [-0.4, -0.2) is 17.2 Å². The summed E-state index contributed by atoms with van der Waals surface area (Å²) in [5, 5.41) is 2.80. The van der Waals surface area contributed by atoms with Crippen LogP contribution in [0.1, 0.15) is 13.8 Å². The Morgan fingerprint density at radius 2 is 1.88 bits per heavy atom. The fourth-order valence-electron chi connectivity index (χ4n) is 1.07. The molecule has 5 heteroatoms. The number of carbonyl (C=O) groups is 1. The average molecular weight is 268 g/mol. The first kappa shape index (κ1) is 14.0. The van der Waals surface area contributed by atoms with Gasteiger partial charge in [-0.15, -0.1) is 11.8 Å². The highest BCUT2D eigenvalue weighted by Crippen LogP contribution is 2.21. The van der Waals surface area contributed by atoms with Crippen LogP contribution in [0, 0.1) is 5.41 Å². The van der Waals surface area contributed by atoms with Crippen LogP contribution < -0.4 is 11.1 Å². The first-order chi connectivity index (χ1) is 7.87. The van der Waals surface area contributed by atoms with Crippen molar-refractivity contribution in [1.29, 1.82) is 0 Å². The Labute approximate surface area is 111 Å². The number of carbonyl (C=O) groups excluding carboxylic acids is 1. The number of nitrogens with two attached hydrogens (primary N) is 1. The molecule has 92 valence electrons. The van der Waals surface area contributed by atoms with Crippen molar-refractivity contribution in [2.45, 2.75) is 18.7 Å². The highest BCUT2D eigenvalue weighted by molar-refractivity contribution is 7.98. The second-order valence-electron chi connectivity index (χ2n) is 4.17. The van der Waals surface area contributed by atoms with E-state index in [1.807, 2.05) is 30.5 Å². The molecule has 0 unspecified atom stereocenters. The molecule has 0 bridgehead atoms. The summed E-state index contributed by atoms with van der Waals surface area (Å²) in [6.07, 6.45) is 2.00. The molecule has 0 radical (unpaired) electrons. The fraction of sp³-hybridized carbons (Fsp3) is 0.333. The van der Waals surface area contributed by atoms with Crippen molar-refractivity contribution >= 4 is 40.6 Å². The normalized spacial score (nSPS) is 11.0. The molecule has 0 heterocycles. The average Bonchev–Trinajstić information content (AvgIpc) is 2.29.